The minimum absolute atomic E-state index is 0.0592. The van der Waals surface area contributed by atoms with Crippen molar-refractivity contribution in [2.75, 3.05) is 13.2 Å². The summed E-state index contributed by atoms with van der Waals surface area (Å²) < 4.78 is 7.62. The number of allylic oxidation sites excluding steroid dienone is 1. The van der Waals surface area contributed by atoms with Crippen LogP contribution in [0, 0.1) is 4.77 Å². The molecule has 1 aromatic heterocycles. The summed E-state index contributed by atoms with van der Waals surface area (Å²) in [6.45, 7) is 3.38. The molecule has 0 atom stereocenters. The van der Waals surface area contributed by atoms with Crippen LogP contribution in [0.1, 0.15) is 39.0 Å². The third kappa shape index (κ3) is 5.29. The van der Waals surface area contributed by atoms with Crippen molar-refractivity contribution in [1.29, 1.82) is 0 Å². The van der Waals surface area contributed by atoms with Gasteiger partial charge in [0.15, 0.2) is 10.6 Å². The molecule has 0 unspecified atom stereocenters. The van der Waals surface area contributed by atoms with Crippen molar-refractivity contribution in [2.24, 2.45) is 0 Å². The lowest BCUT2D eigenvalue weighted by Crippen LogP contribution is -2.29. The summed E-state index contributed by atoms with van der Waals surface area (Å²) in [6, 6.07) is 7.61. The molecule has 0 radical (unpaired) electrons. The second-order valence-electron chi connectivity index (χ2n) is 6.60. The Balaban J connectivity index is 1.61. The van der Waals surface area contributed by atoms with Gasteiger partial charge in [-0.25, -0.2) is 0 Å². The fraction of sp³-hybridized carbons (Fsp3) is 0.450. The number of carbonyl (C=O) groups excluding carboxylic acids is 1. The summed E-state index contributed by atoms with van der Waals surface area (Å²) >= 11 is 5.30. The number of nitrogens with one attached hydrogen (secondary N) is 2. The van der Waals surface area contributed by atoms with E-state index in [-0.39, 0.29) is 12.5 Å². The van der Waals surface area contributed by atoms with Crippen LogP contribution in [-0.4, -0.2) is 33.8 Å². The maximum atomic E-state index is 12.4. The number of hydrogen-bond donors (Lipinski definition) is 2. The number of aromatic amines is 1. The monoisotopic (exact) mass is 386 g/mol. The largest absolute Gasteiger partial charge is 0.494 e. The van der Waals surface area contributed by atoms with Gasteiger partial charge in [0.25, 0.3) is 0 Å². The van der Waals surface area contributed by atoms with Gasteiger partial charge in [0, 0.05) is 12.1 Å². The van der Waals surface area contributed by atoms with E-state index in [0.29, 0.717) is 23.7 Å². The molecule has 0 fully saturated rings. The number of rotatable bonds is 8. The molecule has 3 rings (SSSR count). The van der Waals surface area contributed by atoms with Gasteiger partial charge in [-0.2, -0.15) is 5.10 Å². The van der Waals surface area contributed by atoms with Gasteiger partial charge in [0.1, 0.15) is 12.3 Å². The van der Waals surface area contributed by atoms with E-state index in [1.54, 1.807) is 4.57 Å². The maximum Gasteiger partial charge on any atom is 0.240 e. The van der Waals surface area contributed by atoms with Gasteiger partial charge in [-0.15, -0.1) is 0 Å². The molecule has 27 heavy (non-hydrogen) atoms. The Morgan fingerprint density at radius 3 is 2.85 bits per heavy atom. The highest BCUT2D eigenvalue weighted by molar-refractivity contribution is 7.71. The van der Waals surface area contributed by atoms with Gasteiger partial charge in [0.2, 0.25) is 5.91 Å². The Bertz CT molecular complexity index is 852. The molecule has 1 aliphatic carbocycles. The van der Waals surface area contributed by atoms with Gasteiger partial charge in [-0.1, -0.05) is 11.6 Å². The number of nitrogens with zero attached hydrogens (tertiary/aromatic N) is 2. The predicted molar refractivity (Wildman–Crippen MR) is 108 cm³/mol. The molecule has 6 nitrogen and oxygen atoms in total. The molecule has 2 aromatic rings. The first-order valence-electron chi connectivity index (χ1n) is 9.50. The minimum atomic E-state index is -0.0592. The smallest absolute Gasteiger partial charge is 0.240 e. The van der Waals surface area contributed by atoms with Crippen molar-refractivity contribution in [2.45, 2.75) is 45.6 Å². The van der Waals surface area contributed by atoms with Gasteiger partial charge in [0.05, 0.1) is 6.61 Å². The number of carbonyl (C=O) groups is 1. The van der Waals surface area contributed by atoms with E-state index in [9.17, 15) is 4.79 Å². The van der Waals surface area contributed by atoms with Crippen LogP contribution in [0.3, 0.4) is 0 Å². The Kier molecular flexibility index (Phi) is 6.81. The third-order valence-corrected chi connectivity index (χ3v) is 4.95. The van der Waals surface area contributed by atoms with Crippen LogP contribution >= 0.6 is 12.2 Å². The summed E-state index contributed by atoms with van der Waals surface area (Å²) in [6.07, 6.45) is 8.10. The Morgan fingerprint density at radius 2 is 2.15 bits per heavy atom. The normalized spacial score (nSPS) is 13.9. The first-order valence-corrected chi connectivity index (χ1v) is 9.91. The summed E-state index contributed by atoms with van der Waals surface area (Å²) in [4.78, 5) is 12.4. The lowest BCUT2D eigenvalue weighted by molar-refractivity contribution is -0.121. The van der Waals surface area contributed by atoms with Crippen LogP contribution in [0.2, 0.25) is 0 Å². The maximum absolute atomic E-state index is 12.4. The molecule has 7 heteroatoms. The first-order chi connectivity index (χ1) is 13.2. The molecular formula is C20H26N4O2S. The fourth-order valence-corrected chi connectivity index (χ4v) is 3.44. The Morgan fingerprint density at radius 1 is 1.33 bits per heavy atom. The molecule has 0 saturated carbocycles. The molecule has 144 valence electrons. The lowest BCUT2D eigenvalue weighted by atomic mass is 9.97. The molecule has 1 aliphatic rings. The van der Waals surface area contributed by atoms with Crippen LogP contribution in [0.5, 0.6) is 5.75 Å². The molecule has 1 heterocycles. The van der Waals surface area contributed by atoms with Gasteiger partial charge < -0.3 is 10.1 Å². The van der Waals surface area contributed by atoms with Crippen molar-refractivity contribution in [3.63, 3.8) is 0 Å². The molecular weight excluding hydrogens is 360 g/mol. The van der Waals surface area contributed by atoms with E-state index in [2.05, 4.69) is 21.6 Å². The average Bonchev–Trinajstić information content (AvgIpc) is 3.04. The first kappa shape index (κ1) is 19.4. The molecule has 2 N–H and O–H groups in total. The van der Waals surface area contributed by atoms with Crippen molar-refractivity contribution >= 4 is 18.1 Å². The number of H-pyrrole nitrogens is 1. The van der Waals surface area contributed by atoms with E-state index in [1.807, 2.05) is 31.2 Å². The van der Waals surface area contributed by atoms with Gasteiger partial charge in [-0.05, 0) is 75.5 Å². The van der Waals surface area contributed by atoms with Crippen molar-refractivity contribution < 1.29 is 9.53 Å². The zero-order valence-electron chi connectivity index (χ0n) is 15.7. The second-order valence-corrected chi connectivity index (χ2v) is 6.99. The predicted octanol–water partition coefficient (Wildman–Crippen LogP) is 4.01. The van der Waals surface area contributed by atoms with E-state index in [4.69, 9.17) is 17.0 Å². The van der Waals surface area contributed by atoms with Crippen LogP contribution in [0.25, 0.3) is 11.4 Å². The lowest BCUT2D eigenvalue weighted by Gasteiger charge is -2.13. The highest BCUT2D eigenvalue weighted by atomic mass is 32.1. The number of amides is 1. The van der Waals surface area contributed by atoms with Gasteiger partial charge >= 0.3 is 0 Å². The van der Waals surface area contributed by atoms with E-state index >= 15 is 0 Å². The average molecular weight is 387 g/mol. The van der Waals surface area contributed by atoms with Gasteiger partial charge in [-0.3, -0.25) is 14.5 Å². The third-order valence-electron chi connectivity index (χ3n) is 4.64. The SMILES string of the molecule is CCOc1ccc(-c2n[nH]c(=S)n2CC(=O)NCCC2=CCCCC2)cc1. The zero-order valence-corrected chi connectivity index (χ0v) is 16.5. The van der Waals surface area contributed by atoms with Crippen LogP contribution in [-0.2, 0) is 11.3 Å². The molecule has 1 amide bonds. The quantitative estimate of drug-likeness (QED) is 0.531. The number of benzene rings is 1. The number of aromatic nitrogens is 3. The molecule has 0 saturated heterocycles. The van der Waals surface area contributed by atoms with Crippen LogP contribution in [0.15, 0.2) is 35.9 Å². The minimum Gasteiger partial charge on any atom is -0.494 e. The summed E-state index contributed by atoms with van der Waals surface area (Å²) in [5, 5.41) is 10.1. The van der Waals surface area contributed by atoms with E-state index in [0.717, 1.165) is 24.2 Å². The fourth-order valence-electron chi connectivity index (χ4n) is 3.25. The van der Waals surface area contributed by atoms with E-state index < -0.39 is 0 Å². The van der Waals surface area contributed by atoms with Crippen LogP contribution < -0.4 is 10.1 Å². The topological polar surface area (TPSA) is 71.9 Å². The highest BCUT2D eigenvalue weighted by Crippen LogP contribution is 2.21. The summed E-state index contributed by atoms with van der Waals surface area (Å²) in [7, 11) is 0. The Labute approximate surface area is 164 Å². The number of ether oxygens (including phenoxy) is 1. The zero-order chi connectivity index (χ0) is 19.1. The molecule has 1 aromatic carbocycles. The second kappa shape index (κ2) is 9.50. The van der Waals surface area contributed by atoms with Crippen molar-refractivity contribution in [3.8, 4) is 17.1 Å². The molecule has 0 aliphatic heterocycles. The van der Waals surface area contributed by atoms with E-state index in [1.165, 1.54) is 24.8 Å². The summed E-state index contributed by atoms with van der Waals surface area (Å²) in [5.41, 5.74) is 2.34. The molecule has 0 spiro atoms. The van der Waals surface area contributed by atoms with Crippen molar-refractivity contribution in [3.05, 3.63) is 40.7 Å². The van der Waals surface area contributed by atoms with Crippen molar-refractivity contribution in [1.82, 2.24) is 20.1 Å². The Hall–Kier alpha value is -2.41. The van der Waals surface area contributed by atoms with Crippen LogP contribution in [0.4, 0.5) is 0 Å². The molecule has 0 bridgehead atoms. The highest BCUT2D eigenvalue weighted by Gasteiger charge is 2.13. The number of hydrogen-bond acceptors (Lipinski definition) is 4. The standard InChI is InChI=1S/C20H26N4O2S/c1-2-26-17-10-8-16(9-11-17)19-22-23-20(27)24(19)14-18(25)21-13-12-15-6-4-3-5-7-15/h6,8-11H,2-5,7,12-14H2,1H3,(H,21,25)(H,23,27). The summed E-state index contributed by atoms with van der Waals surface area (Å²) in [5.74, 6) is 1.39.